The van der Waals surface area contributed by atoms with E-state index in [2.05, 4.69) is 24.5 Å². The first-order valence-corrected chi connectivity index (χ1v) is 11.8. The zero-order valence-electron chi connectivity index (χ0n) is 20.3. The Morgan fingerprint density at radius 1 is 1.24 bits per heavy atom. The highest BCUT2D eigenvalue weighted by atomic mass is 32.2. The van der Waals surface area contributed by atoms with Crippen LogP contribution in [0.1, 0.15) is 55.0 Å². The predicted octanol–water partition coefficient (Wildman–Crippen LogP) is 4.19. The number of nitrogens with two attached hydrogens (primary N) is 1. The van der Waals surface area contributed by atoms with Gasteiger partial charge < -0.3 is 20.5 Å². The van der Waals surface area contributed by atoms with E-state index >= 15 is 0 Å². The van der Waals surface area contributed by atoms with Gasteiger partial charge in [-0.1, -0.05) is 19.9 Å². The number of rotatable bonds is 6. The molecule has 4 rings (SSSR count). The number of carbonyl (C=O) groups excluding carboxylic acids is 1. The summed E-state index contributed by atoms with van der Waals surface area (Å²) in [7, 11) is 0. The van der Waals surface area contributed by atoms with Crippen LogP contribution in [0.4, 0.5) is 5.69 Å². The number of amides is 1. The number of amidine groups is 1. The van der Waals surface area contributed by atoms with Crippen molar-refractivity contribution in [2.24, 2.45) is 10.1 Å². The zero-order chi connectivity index (χ0) is 24.9. The number of hydrogen-bond acceptors (Lipinski definition) is 8. The van der Waals surface area contributed by atoms with Gasteiger partial charge in [-0.25, -0.2) is 9.67 Å². The molecule has 4 N–H and O–H groups in total. The molecule has 1 aromatic carbocycles. The highest BCUT2D eigenvalue weighted by molar-refractivity contribution is 7.99. The van der Waals surface area contributed by atoms with Gasteiger partial charge in [0.25, 0.3) is 5.91 Å². The van der Waals surface area contributed by atoms with Crippen LogP contribution in [0.5, 0.6) is 5.75 Å². The molecule has 0 saturated carbocycles. The number of hydrogen-bond donors (Lipinski definition) is 3. The minimum absolute atomic E-state index is 0.224. The van der Waals surface area contributed by atoms with Gasteiger partial charge in [-0.15, -0.1) is 0 Å². The molecule has 1 aliphatic heterocycles. The van der Waals surface area contributed by atoms with Crippen molar-refractivity contribution in [1.82, 2.24) is 20.1 Å². The first-order chi connectivity index (χ1) is 16.2. The third kappa shape index (κ3) is 5.69. The van der Waals surface area contributed by atoms with Crippen LogP contribution in [0, 0.1) is 13.8 Å². The maximum atomic E-state index is 13.0. The molecule has 0 bridgehead atoms. The van der Waals surface area contributed by atoms with Crippen molar-refractivity contribution in [2.75, 3.05) is 11.3 Å². The second kappa shape index (κ2) is 10.6. The Labute approximate surface area is 204 Å². The largest absolute Gasteiger partial charge is 0.490 e. The molecular formula is C24H31N7O2S. The van der Waals surface area contributed by atoms with Gasteiger partial charge in [0.15, 0.2) is 5.82 Å². The Balaban J connectivity index is 0.00000158. The number of anilines is 1. The molecular weight excluding hydrogens is 450 g/mol. The summed E-state index contributed by atoms with van der Waals surface area (Å²) < 4.78 is 15.0. The number of aromatic nitrogens is 3. The number of fused-ring (bicyclic) bond motifs is 1. The number of ether oxygens (including phenoxy) is 1. The van der Waals surface area contributed by atoms with Crippen molar-refractivity contribution in [1.29, 1.82) is 0 Å². The monoisotopic (exact) mass is 481 g/mol. The molecule has 180 valence electrons. The number of aryl methyl sites for hydroxylation is 2. The summed E-state index contributed by atoms with van der Waals surface area (Å²) in [6.07, 6.45) is 1.60. The van der Waals surface area contributed by atoms with Gasteiger partial charge in [-0.05, 0) is 58.0 Å². The third-order valence-corrected chi connectivity index (χ3v) is 5.46. The summed E-state index contributed by atoms with van der Waals surface area (Å²) in [5, 5.41) is 7.47. The van der Waals surface area contributed by atoms with Gasteiger partial charge in [0.2, 0.25) is 0 Å². The number of nitrogens with zero attached hydrogens (tertiary/aromatic N) is 4. The van der Waals surface area contributed by atoms with Crippen LogP contribution >= 0.6 is 12.1 Å². The first-order valence-electron chi connectivity index (χ1n) is 11.1. The van der Waals surface area contributed by atoms with Crippen molar-refractivity contribution in [3.63, 3.8) is 0 Å². The Morgan fingerprint density at radius 2 is 2.00 bits per heavy atom. The van der Waals surface area contributed by atoms with Crippen molar-refractivity contribution in [3.8, 4) is 11.6 Å². The minimum Gasteiger partial charge on any atom is -0.490 e. The maximum Gasteiger partial charge on any atom is 0.252 e. The number of benzene rings is 1. The number of pyridine rings is 1. The molecule has 0 atom stereocenters. The van der Waals surface area contributed by atoms with Gasteiger partial charge in [0.05, 0.1) is 34.6 Å². The molecule has 0 fully saturated rings. The van der Waals surface area contributed by atoms with Crippen LogP contribution < -0.4 is 20.5 Å². The van der Waals surface area contributed by atoms with Crippen LogP contribution in [0.15, 0.2) is 47.0 Å². The highest BCUT2D eigenvalue weighted by Crippen LogP contribution is 2.32. The van der Waals surface area contributed by atoms with Crippen molar-refractivity contribution < 1.29 is 9.53 Å². The van der Waals surface area contributed by atoms with Crippen LogP contribution in [-0.2, 0) is 0 Å². The average Bonchev–Trinajstić information content (AvgIpc) is 3.17. The Hall–Kier alpha value is -3.53. The molecule has 10 heteroatoms. The molecule has 0 radical (unpaired) electrons. The molecule has 0 aliphatic carbocycles. The lowest BCUT2D eigenvalue weighted by atomic mass is 10.1. The molecule has 9 nitrogen and oxygen atoms in total. The number of carbonyl (C=O) groups is 1. The topological polar surface area (TPSA) is 119 Å². The average molecular weight is 482 g/mol. The van der Waals surface area contributed by atoms with Crippen LogP contribution in [-0.4, -0.2) is 38.7 Å². The molecule has 0 saturated heterocycles. The lowest BCUT2D eigenvalue weighted by molar-refractivity contribution is 0.0880. The lowest BCUT2D eigenvalue weighted by Gasteiger charge is -2.27. The smallest absolute Gasteiger partial charge is 0.252 e. The maximum absolute atomic E-state index is 13.0. The van der Waals surface area contributed by atoms with Gasteiger partial charge >= 0.3 is 0 Å². The third-order valence-electron chi connectivity index (χ3n) is 4.86. The Kier molecular flexibility index (Phi) is 7.83. The fourth-order valence-corrected chi connectivity index (χ4v) is 3.88. The second-order valence-electron chi connectivity index (χ2n) is 8.22. The number of nitrogens with one attached hydrogen (secondary N) is 2. The van der Waals surface area contributed by atoms with E-state index < -0.39 is 5.54 Å². The molecule has 0 spiro atoms. The summed E-state index contributed by atoms with van der Waals surface area (Å²) >= 11 is 1.17. The van der Waals surface area contributed by atoms with Crippen molar-refractivity contribution in [3.05, 3.63) is 65.1 Å². The van der Waals surface area contributed by atoms with Gasteiger partial charge in [0, 0.05) is 17.5 Å². The zero-order valence-corrected chi connectivity index (χ0v) is 21.2. The normalized spacial score (nSPS) is 12.5. The van der Waals surface area contributed by atoms with E-state index in [4.69, 9.17) is 10.5 Å². The van der Waals surface area contributed by atoms with E-state index in [1.54, 1.807) is 23.0 Å². The summed E-state index contributed by atoms with van der Waals surface area (Å²) in [4.78, 5) is 17.3. The van der Waals surface area contributed by atoms with Crippen LogP contribution in [0.2, 0.25) is 0 Å². The molecule has 34 heavy (non-hydrogen) atoms. The SMILES string of the molecule is CC.Cc1cc(C)n(-c2cc(C(=O)NC(C)(C)COc3cccc4c3C(N)=NSN4)ccn2)n1. The molecule has 2 aromatic heterocycles. The van der Waals surface area contributed by atoms with Crippen LogP contribution in [0.25, 0.3) is 5.82 Å². The van der Waals surface area contributed by atoms with E-state index in [1.807, 2.05) is 65.8 Å². The first kappa shape index (κ1) is 25.1. The fraction of sp³-hybridized carbons (Fsp3) is 0.333. The minimum atomic E-state index is -0.649. The summed E-state index contributed by atoms with van der Waals surface area (Å²) in [5.41, 5.74) is 9.28. The van der Waals surface area contributed by atoms with E-state index in [1.165, 1.54) is 12.1 Å². The quantitative estimate of drug-likeness (QED) is 0.452. The van der Waals surface area contributed by atoms with E-state index in [9.17, 15) is 4.79 Å². The Morgan fingerprint density at radius 3 is 2.71 bits per heavy atom. The summed E-state index contributed by atoms with van der Waals surface area (Å²) in [5.74, 6) is 1.37. The molecule has 0 unspecified atom stereocenters. The van der Waals surface area contributed by atoms with Crippen molar-refractivity contribution in [2.45, 2.75) is 47.1 Å². The highest BCUT2D eigenvalue weighted by Gasteiger charge is 2.25. The van der Waals surface area contributed by atoms with Crippen molar-refractivity contribution >= 4 is 29.6 Å². The lowest BCUT2D eigenvalue weighted by Crippen LogP contribution is -2.48. The van der Waals surface area contributed by atoms with E-state index in [0.717, 1.165) is 22.6 Å². The van der Waals surface area contributed by atoms with Gasteiger partial charge in [-0.2, -0.15) is 9.50 Å². The second-order valence-corrected chi connectivity index (χ2v) is 8.79. The fourth-order valence-electron chi connectivity index (χ4n) is 3.38. The molecule has 3 aromatic rings. The van der Waals surface area contributed by atoms with Gasteiger partial charge in [0.1, 0.15) is 18.2 Å². The molecule has 1 amide bonds. The van der Waals surface area contributed by atoms with E-state index in [-0.39, 0.29) is 12.5 Å². The standard InChI is InChI=1S/C22H25N7O2S.C2H6/c1-13-10-14(2)29(26-13)18-11-15(8-9-24-18)21(30)25-22(3,4)12-31-17-7-5-6-16-19(17)20(23)28-32-27-16;1-2/h5-11,27H,12H2,1-4H3,(H2,23,28)(H,25,30);1-2H3. The van der Waals surface area contributed by atoms with E-state index in [0.29, 0.717) is 23.0 Å². The molecule has 1 aliphatic rings. The summed E-state index contributed by atoms with van der Waals surface area (Å²) in [6.45, 7) is 11.9. The van der Waals surface area contributed by atoms with Gasteiger partial charge in [-0.3, -0.25) is 4.79 Å². The summed E-state index contributed by atoms with van der Waals surface area (Å²) in [6, 6.07) is 11.0. The molecule has 3 heterocycles. The Bertz CT molecular complexity index is 1200. The predicted molar refractivity (Wildman–Crippen MR) is 138 cm³/mol. The van der Waals surface area contributed by atoms with Crippen LogP contribution in [0.3, 0.4) is 0 Å².